The Morgan fingerprint density at radius 1 is 1.16 bits per heavy atom. The summed E-state index contributed by atoms with van der Waals surface area (Å²) >= 11 is 5.85. The SMILES string of the molecule is C=CCC(Nc1ccc(Cl)cc1)c1ccccc1F. The van der Waals surface area contributed by atoms with Crippen molar-refractivity contribution in [3.05, 3.63) is 77.6 Å². The van der Waals surface area contributed by atoms with Gasteiger partial charge in [0.2, 0.25) is 0 Å². The highest BCUT2D eigenvalue weighted by atomic mass is 35.5. The van der Waals surface area contributed by atoms with Crippen molar-refractivity contribution in [1.82, 2.24) is 0 Å². The topological polar surface area (TPSA) is 12.0 Å². The molecule has 0 radical (unpaired) electrons. The van der Waals surface area contributed by atoms with Crippen LogP contribution in [0.15, 0.2) is 61.2 Å². The number of hydrogen-bond acceptors (Lipinski definition) is 1. The smallest absolute Gasteiger partial charge is 0.128 e. The van der Waals surface area contributed by atoms with Gasteiger partial charge in [0, 0.05) is 16.3 Å². The average molecular weight is 276 g/mol. The van der Waals surface area contributed by atoms with Gasteiger partial charge in [0.25, 0.3) is 0 Å². The fraction of sp³-hybridized carbons (Fsp3) is 0.125. The predicted octanol–water partition coefficient (Wildman–Crippen LogP) is 5.21. The van der Waals surface area contributed by atoms with E-state index in [1.807, 2.05) is 18.2 Å². The second kappa shape index (κ2) is 6.39. The summed E-state index contributed by atoms with van der Waals surface area (Å²) < 4.78 is 13.8. The molecule has 98 valence electrons. The zero-order valence-corrected chi connectivity index (χ0v) is 11.2. The normalized spacial score (nSPS) is 11.9. The quantitative estimate of drug-likeness (QED) is 0.739. The zero-order chi connectivity index (χ0) is 13.7. The first kappa shape index (κ1) is 13.6. The van der Waals surface area contributed by atoms with Gasteiger partial charge in [0.15, 0.2) is 0 Å². The molecule has 1 unspecified atom stereocenters. The summed E-state index contributed by atoms with van der Waals surface area (Å²) in [6, 6.07) is 14.0. The second-order valence-electron chi connectivity index (χ2n) is 4.25. The van der Waals surface area contributed by atoms with Gasteiger partial charge >= 0.3 is 0 Å². The lowest BCUT2D eigenvalue weighted by molar-refractivity contribution is 0.593. The minimum atomic E-state index is -0.212. The van der Waals surface area contributed by atoms with E-state index in [-0.39, 0.29) is 11.9 Å². The molecule has 0 amide bonds. The van der Waals surface area contributed by atoms with E-state index < -0.39 is 0 Å². The molecule has 1 nitrogen and oxygen atoms in total. The first-order valence-electron chi connectivity index (χ1n) is 6.08. The fourth-order valence-electron chi connectivity index (χ4n) is 1.94. The number of halogens is 2. The molecular weight excluding hydrogens is 261 g/mol. The maximum atomic E-state index is 13.8. The summed E-state index contributed by atoms with van der Waals surface area (Å²) in [6.07, 6.45) is 2.42. The molecule has 0 saturated carbocycles. The summed E-state index contributed by atoms with van der Waals surface area (Å²) in [7, 11) is 0. The first-order valence-corrected chi connectivity index (χ1v) is 6.46. The molecule has 19 heavy (non-hydrogen) atoms. The van der Waals surface area contributed by atoms with E-state index in [1.54, 1.807) is 30.3 Å². The Labute approximate surface area is 117 Å². The Kier molecular flexibility index (Phi) is 4.58. The number of nitrogens with one attached hydrogen (secondary N) is 1. The van der Waals surface area contributed by atoms with Crippen molar-refractivity contribution in [3.63, 3.8) is 0 Å². The van der Waals surface area contributed by atoms with Crippen LogP contribution >= 0.6 is 11.6 Å². The Morgan fingerprint density at radius 2 is 1.84 bits per heavy atom. The van der Waals surface area contributed by atoms with Crippen molar-refractivity contribution in [3.8, 4) is 0 Å². The van der Waals surface area contributed by atoms with E-state index >= 15 is 0 Å². The van der Waals surface area contributed by atoms with Crippen molar-refractivity contribution in [2.75, 3.05) is 5.32 Å². The molecule has 0 aliphatic rings. The molecule has 2 aromatic rings. The maximum Gasteiger partial charge on any atom is 0.128 e. The molecular formula is C16H15ClFN. The van der Waals surface area contributed by atoms with E-state index in [4.69, 9.17) is 11.6 Å². The summed E-state index contributed by atoms with van der Waals surface area (Å²) in [4.78, 5) is 0. The van der Waals surface area contributed by atoms with Crippen LogP contribution in [0.2, 0.25) is 5.02 Å². The van der Waals surface area contributed by atoms with Gasteiger partial charge in [-0.3, -0.25) is 0 Å². The maximum absolute atomic E-state index is 13.8. The van der Waals surface area contributed by atoms with Gasteiger partial charge in [-0.05, 0) is 36.8 Å². The van der Waals surface area contributed by atoms with Crippen LogP contribution in [-0.2, 0) is 0 Å². The molecule has 1 atom stereocenters. The van der Waals surface area contributed by atoms with Gasteiger partial charge in [-0.2, -0.15) is 0 Å². The third-order valence-electron chi connectivity index (χ3n) is 2.87. The monoisotopic (exact) mass is 275 g/mol. The molecule has 0 fully saturated rings. The van der Waals surface area contributed by atoms with Crippen LogP contribution in [0, 0.1) is 5.82 Å². The number of anilines is 1. The molecule has 2 rings (SSSR count). The molecule has 3 heteroatoms. The van der Waals surface area contributed by atoms with Crippen molar-refractivity contribution >= 4 is 17.3 Å². The minimum absolute atomic E-state index is 0.139. The Bertz CT molecular complexity index is 551. The molecule has 0 bridgehead atoms. The number of hydrogen-bond donors (Lipinski definition) is 1. The molecule has 0 heterocycles. The van der Waals surface area contributed by atoms with Crippen LogP contribution in [0.1, 0.15) is 18.0 Å². The molecule has 1 N–H and O–H groups in total. The largest absolute Gasteiger partial charge is 0.378 e. The molecule has 0 aromatic heterocycles. The van der Waals surface area contributed by atoms with Gasteiger partial charge < -0.3 is 5.32 Å². The Balaban J connectivity index is 2.23. The van der Waals surface area contributed by atoms with E-state index in [1.165, 1.54) is 6.07 Å². The zero-order valence-electron chi connectivity index (χ0n) is 10.4. The van der Waals surface area contributed by atoms with E-state index in [9.17, 15) is 4.39 Å². The standard InChI is InChI=1S/C16H15ClFN/c1-2-5-16(14-6-3-4-7-15(14)18)19-13-10-8-12(17)9-11-13/h2-4,6-11,16,19H,1,5H2. The lowest BCUT2D eigenvalue weighted by Crippen LogP contribution is -2.11. The van der Waals surface area contributed by atoms with Gasteiger partial charge in [0.1, 0.15) is 5.82 Å². The molecule has 0 aliphatic carbocycles. The average Bonchev–Trinajstić information content (AvgIpc) is 2.41. The van der Waals surface area contributed by atoms with Gasteiger partial charge in [-0.15, -0.1) is 6.58 Å². The van der Waals surface area contributed by atoms with Crippen molar-refractivity contribution < 1.29 is 4.39 Å². The molecule has 0 saturated heterocycles. The number of rotatable bonds is 5. The van der Waals surface area contributed by atoms with Gasteiger partial charge in [-0.1, -0.05) is 35.9 Å². The minimum Gasteiger partial charge on any atom is -0.378 e. The van der Waals surface area contributed by atoms with Gasteiger partial charge in [0.05, 0.1) is 6.04 Å². The lowest BCUT2D eigenvalue weighted by Gasteiger charge is -2.19. The van der Waals surface area contributed by atoms with Crippen LogP contribution in [0.3, 0.4) is 0 Å². The third kappa shape index (κ3) is 3.58. The van der Waals surface area contributed by atoms with E-state index in [0.29, 0.717) is 17.0 Å². The molecule has 0 spiro atoms. The second-order valence-corrected chi connectivity index (χ2v) is 4.69. The van der Waals surface area contributed by atoms with Crippen molar-refractivity contribution in [2.45, 2.75) is 12.5 Å². The highest BCUT2D eigenvalue weighted by Crippen LogP contribution is 2.25. The summed E-state index contributed by atoms with van der Waals surface area (Å²) in [5.41, 5.74) is 1.54. The van der Waals surface area contributed by atoms with Crippen LogP contribution in [0.4, 0.5) is 10.1 Å². The lowest BCUT2D eigenvalue weighted by atomic mass is 10.0. The summed E-state index contributed by atoms with van der Waals surface area (Å²) in [5.74, 6) is -0.212. The van der Waals surface area contributed by atoms with Crippen LogP contribution in [0.5, 0.6) is 0 Å². The molecule has 2 aromatic carbocycles. The predicted molar refractivity (Wildman–Crippen MR) is 79.0 cm³/mol. The van der Waals surface area contributed by atoms with E-state index in [2.05, 4.69) is 11.9 Å². The van der Waals surface area contributed by atoms with Crippen molar-refractivity contribution in [2.24, 2.45) is 0 Å². The van der Waals surface area contributed by atoms with Gasteiger partial charge in [-0.25, -0.2) is 4.39 Å². The summed E-state index contributed by atoms with van der Waals surface area (Å²) in [6.45, 7) is 3.73. The van der Waals surface area contributed by atoms with Crippen LogP contribution < -0.4 is 5.32 Å². The highest BCUT2D eigenvalue weighted by molar-refractivity contribution is 6.30. The van der Waals surface area contributed by atoms with E-state index in [0.717, 1.165) is 5.69 Å². The number of benzene rings is 2. The van der Waals surface area contributed by atoms with Crippen LogP contribution in [0.25, 0.3) is 0 Å². The third-order valence-corrected chi connectivity index (χ3v) is 3.12. The first-order chi connectivity index (χ1) is 9.20. The Morgan fingerprint density at radius 3 is 2.47 bits per heavy atom. The fourth-order valence-corrected chi connectivity index (χ4v) is 2.06. The summed E-state index contributed by atoms with van der Waals surface area (Å²) in [5, 5.41) is 3.97. The highest BCUT2D eigenvalue weighted by Gasteiger charge is 2.13. The van der Waals surface area contributed by atoms with Crippen LogP contribution in [-0.4, -0.2) is 0 Å². The van der Waals surface area contributed by atoms with Crippen molar-refractivity contribution in [1.29, 1.82) is 0 Å². The Hall–Kier alpha value is -1.80. The molecule has 0 aliphatic heterocycles.